The molecule has 0 aliphatic heterocycles. The molecule has 0 bridgehead atoms. The number of benzene rings is 2. The first-order valence-corrected chi connectivity index (χ1v) is 8.44. The van der Waals surface area contributed by atoms with Crippen LogP contribution in [-0.2, 0) is 19.3 Å². The van der Waals surface area contributed by atoms with Gasteiger partial charge in [0.05, 0.1) is 6.10 Å². The number of fused-ring (bicyclic) bond motifs is 2. The van der Waals surface area contributed by atoms with Crippen LogP contribution in [0.25, 0.3) is 10.1 Å². The standard InChI is InChI=1S/C19H18OS/c20-18(17-12-21-19-7-2-1-6-16(17)19)11-13-8-9-14-4-3-5-15(14)10-13/h1-2,6-10,12,18,20H,3-5,11H2. The lowest BCUT2D eigenvalue weighted by atomic mass is 9.98. The van der Waals surface area contributed by atoms with E-state index in [0.29, 0.717) is 6.42 Å². The van der Waals surface area contributed by atoms with Crippen molar-refractivity contribution in [3.8, 4) is 0 Å². The molecule has 1 atom stereocenters. The van der Waals surface area contributed by atoms with Gasteiger partial charge in [-0.15, -0.1) is 11.3 Å². The molecule has 106 valence electrons. The molecule has 0 spiro atoms. The largest absolute Gasteiger partial charge is 0.388 e. The molecule has 0 saturated carbocycles. The van der Waals surface area contributed by atoms with Gasteiger partial charge in [-0.25, -0.2) is 0 Å². The van der Waals surface area contributed by atoms with E-state index < -0.39 is 6.10 Å². The van der Waals surface area contributed by atoms with Gasteiger partial charge >= 0.3 is 0 Å². The minimum atomic E-state index is -0.416. The highest BCUT2D eigenvalue weighted by Gasteiger charge is 2.16. The molecule has 1 aliphatic carbocycles. The zero-order valence-electron chi connectivity index (χ0n) is 11.9. The molecule has 1 unspecified atom stereocenters. The third-order valence-corrected chi connectivity index (χ3v) is 5.44. The Kier molecular flexibility index (Phi) is 3.28. The quantitative estimate of drug-likeness (QED) is 0.744. The molecule has 0 amide bonds. The second-order valence-electron chi connectivity index (χ2n) is 5.86. The molecule has 0 radical (unpaired) electrons. The zero-order chi connectivity index (χ0) is 14.2. The van der Waals surface area contributed by atoms with Crippen LogP contribution in [-0.4, -0.2) is 5.11 Å². The molecule has 1 aliphatic rings. The Bertz CT molecular complexity index is 787. The molecule has 1 aromatic heterocycles. The summed E-state index contributed by atoms with van der Waals surface area (Å²) in [7, 11) is 0. The fourth-order valence-electron chi connectivity index (χ4n) is 3.34. The lowest BCUT2D eigenvalue weighted by molar-refractivity contribution is 0.180. The maximum atomic E-state index is 10.6. The Morgan fingerprint density at radius 2 is 1.90 bits per heavy atom. The normalized spacial score (nSPS) is 15.3. The summed E-state index contributed by atoms with van der Waals surface area (Å²) in [5.41, 5.74) is 5.29. The van der Waals surface area contributed by atoms with Gasteiger partial charge in [0, 0.05) is 11.1 Å². The average Bonchev–Trinajstić information content (AvgIpc) is 3.13. The van der Waals surface area contributed by atoms with Crippen molar-refractivity contribution in [1.82, 2.24) is 0 Å². The number of thiophene rings is 1. The Morgan fingerprint density at radius 1 is 1.05 bits per heavy atom. The summed E-state index contributed by atoms with van der Waals surface area (Å²) in [6.07, 6.45) is 3.97. The SMILES string of the molecule is OC(Cc1ccc2c(c1)CCC2)c1csc2ccccc12. The minimum absolute atomic E-state index is 0.416. The number of aryl methyl sites for hydroxylation is 2. The molecule has 0 saturated heterocycles. The number of hydrogen-bond donors (Lipinski definition) is 1. The van der Waals surface area contributed by atoms with Crippen LogP contribution in [0, 0.1) is 0 Å². The summed E-state index contributed by atoms with van der Waals surface area (Å²) >= 11 is 1.71. The van der Waals surface area contributed by atoms with E-state index in [1.54, 1.807) is 11.3 Å². The van der Waals surface area contributed by atoms with E-state index in [9.17, 15) is 5.11 Å². The van der Waals surface area contributed by atoms with Crippen LogP contribution in [0.4, 0.5) is 0 Å². The minimum Gasteiger partial charge on any atom is -0.388 e. The molecule has 2 aromatic carbocycles. The molecule has 1 heterocycles. The van der Waals surface area contributed by atoms with E-state index in [2.05, 4.69) is 41.8 Å². The summed E-state index contributed by atoms with van der Waals surface area (Å²) in [5, 5.41) is 13.9. The van der Waals surface area contributed by atoms with E-state index in [1.807, 2.05) is 6.07 Å². The van der Waals surface area contributed by atoms with E-state index in [1.165, 1.54) is 46.0 Å². The predicted octanol–water partition coefficient (Wildman–Crippen LogP) is 4.67. The number of rotatable bonds is 3. The van der Waals surface area contributed by atoms with Crippen molar-refractivity contribution in [2.75, 3.05) is 0 Å². The fourth-order valence-corrected chi connectivity index (χ4v) is 4.35. The van der Waals surface area contributed by atoms with Gasteiger partial charge in [-0.1, -0.05) is 36.4 Å². The maximum absolute atomic E-state index is 10.6. The van der Waals surface area contributed by atoms with Crippen LogP contribution < -0.4 is 0 Å². The van der Waals surface area contributed by atoms with E-state index in [4.69, 9.17) is 0 Å². The predicted molar refractivity (Wildman–Crippen MR) is 89.0 cm³/mol. The van der Waals surface area contributed by atoms with Gasteiger partial charge in [-0.05, 0) is 58.3 Å². The topological polar surface area (TPSA) is 20.2 Å². The van der Waals surface area contributed by atoms with Crippen molar-refractivity contribution in [2.24, 2.45) is 0 Å². The molecule has 2 heteroatoms. The maximum Gasteiger partial charge on any atom is 0.0844 e. The lowest BCUT2D eigenvalue weighted by Gasteiger charge is -2.11. The first-order chi connectivity index (χ1) is 10.3. The van der Waals surface area contributed by atoms with Crippen LogP contribution in [0.3, 0.4) is 0 Å². The number of hydrogen-bond acceptors (Lipinski definition) is 2. The summed E-state index contributed by atoms with van der Waals surface area (Å²) in [6.45, 7) is 0. The first kappa shape index (κ1) is 13.1. The molecule has 3 aromatic rings. The highest BCUT2D eigenvalue weighted by molar-refractivity contribution is 7.17. The molecule has 1 nitrogen and oxygen atoms in total. The smallest absolute Gasteiger partial charge is 0.0844 e. The fraction of sp³-hybridized carbons (Fsp3) is 0.263. The van der Waals surface area contributed by atoms with Gasteiger partial charge in [0.25, 0.3) is 0 Å². The highest BCUT2D eigenvalue weighted by atomic mass is 32.1. The first-order valence-electron chi connectivity index (χ1n) is 7.56. The van der Waals surface area contributed by atoms with Crippen LogP contribution in [0.15, 0.2) is 47.8 Å². The molecule has 1 N–H and O–H groups in total. The van der Waals surface area contributed by atoms with Gasteiger partial charge in [-0.2, -0.15) is 0 Å². The Balaban J connectivity index is 1.62. The molecular formula is C19H18OS. The summed E-state index contributed by atoms with van der Waals surface area (Å²) < 4.78 is 1.25. The van der Waals surface area contributed by atoms with Crippen LogP contribution in [0.2, 0.25) is 0 Å². The van der Waals surface area contributed by atoms with Gasteiger partial charge in [0.2, 0.25) is 0 Å². The van der Waals surface area contributed by atoms with Crippen molar-refractivity contribution in [2.45, 2.75) is 31.8 Å². The molecule has 4 rings (SSSR count). The van der Waals surface area contributed by atoms with E-state index >= 15 is 0 Å². The summed E-state index contributed by atoms with van der Waals surface area (Å²) in [5.74, 6) is 0. The van der Waals surface area contributed by atoms with Crippen molar-refractivity contribution < 1.29 is 5.11 Å². The third-order valence-electron chi connectivity index (χ3n) is 4.46. The van der Waals surface area contributed by atoms with Crippen molar-refractivity contribution >= 4 is 21.4 Å². The van der Waals surface area contributed by atoms with E-state index in [-0.39, 0.29) is 0 Å². The number of aliphatic hydroxyl groups excluding tert-OH is 1. The van der Waals surface area contributed by atoms with Crippen molar-refractivity contribution in [1.29, 1.82) is 0 Å². The summed E-state index contributed by atoms with van der Waals surface area (Å²) in [6, 6.07) is 15.0. The monoisotopic (exact) mass is 294 g/mol. The van der Waals surface area contributed by atoms with Gasteiger partial charge < -0.3 is 5.11 Å². The van der Waals surface area contributed by atoms with Crippen LogP contribution >= 0.6 is 11.3 Å². The Morgan fingerprint density at radius 3 is 2.86 bits per heavy atom. The third kappa shape index (κ3) is 2.39. The second-order valence-corrected chi connectivity index (χ2v) is 6.77. The molecule has 0 fully saturated rings. The van der Waals surface area contributed by atoms with Gasteiger partial charge in [0.15, 0.2) is 0 Å². The van der Waals surface area contributed by atoms with Gasteiger partial charge in [0.1, 0.15) is 0 Å². The Hall–Kier alpha value is -1.64. The van der Waals surface area contributed by atoms with E-state index in [0.717, 1.165) is 5.56 Å². The highest BCUT2D eigenvalue weighted by Crippen LogP contribution is 2.32. The van der Waals surface area contributed by atoms with Crippen LogP contribution in [0.1, 0.15) is 34.8 Å². The molecular weight excluding hydrogens is 276 g/mol. The summed E-state index contributed by atoms with van der Waals surface area (Å²) in [4.78, 5) is 0. The van der Waals surface area contributed by atoms with Gasteiger partial charge in [-0.3, -0.25) is 0 Å². The second kappa shape index (κ2) is 5.28. The Labute approximate surface area is 128 Å². The molecule has 21 heavy (non-hydrogen) atoms. The van der Waals surface area contributed by atoms with Crippen molar-refractivity contribution in [3.05, 3.63) is 70.1 Å². The zero-order valence-corrected chi connectivity index (χ0v) is 12.7. The van der Waals surface area contributed by atoms with Crippen molar-refractivity contribution in [3.63, 3.8) is 0 Å². The average molecular weight is 294 g/mol. The van der Waals surface area contributed by atoms with Crippen LogP contribution in [0.5, 0.6) is 0 Å². The lowest BCUT2D eigenvalue weighted by Crippen LogP contribution is -2.01. The number of aliphatic hydroxyl groups is 1.